The Balaban J connectivity index is 2.14. The van der Waals surface area contributed by atoms with Crippen LogP contribution in [0.2, 0.25) is 0 Å². The van der Waals surface area contributed by atoms with Gasteiger partial charge in [-0.05, 0) is 32.6 Å². The molecule has 2 rings (SSSR count). The summed E-state index contributed by atoms with van der Waals surface area (Å²) in [6, 6.07) is 0. The fourth-order valence-electron chi connectivity index (χ4n) is 3.61. The van der Waals surface area contributed by atoms with Crippen LogP contribution in [-0.2, 0) is 15.7 Å². The van der Waals surface area contributed by atoms with E-state index in [-0.39, 0.29) is 4.75 Å². The SMILES string of the molecule is CC(C)C(C)(C(=O)C1CCCCC1)[S+]1CCCC1. The fourth-order valence-corrected chi connectivity index (χ4v) is 6.88. The molecule has 104 valence electrons. The highest BCUT2D eigenvalue weighted by atomic mass is 32.2. The Bertz CT molecular complexity index is 287. The molecule has 1 unspecified atom stereocenters. The molecule has 1 heterocycles. The molecule has 2 heteroatoms. The Morgan fingerprint density at radius 1 is 1.06 bits per heavy atom. The molecule has 0 N–H and O–H groups in total. The van der Waals surface area contributed by atoms with Gasteiger partial charge < -0.3 is 0 Å². The predicted molar refractivity (Wildman–Crippen MR) is 81.2 cm³/mol. The smallest absolute Gasteiger partial charge is 0.190 e. The highest BCUT2D eigenvalue weighted by molar-refractivity contribution is 7.99. The van der Waals surface area contributed by atoms with E-state index in [2.05, 4.69) is 20.8 Å². The number of hydrogen-bond donors (Lipinski definition) is 0. The minimum Gasteiger partial charge on any atom is -0.293 e. The first kappa shape index (κ1) is 14.4. The lowest BCUT2D eigenvalue weighted by molar-refractivity contribution is -0.126. The van der Waals surface area contributed by atoms with Crippen molar-refractivity contribution >= 4 is 16.7 Å². The van der Waals surface area contributed by atoms with Crippen molar-refractivity contribution in [3.63, 3.8) is 0 Å². The highest BCUT2D eigenvalue weighted by Crippen LogP contribution is 2.39. The lowest BCUT2D eigenvalue weighted by Crippen LogP contribution is -2.52. The molecule has 0 amide bonds. The van der Waals surface area contributed by atoms with E-state index in [1.807, 2.05) is 0 Å². The molecule has 1 aliphatic heterocycles. The Morgan fingerprint density at radius 3 is 2.11 bits per heavy atom. The minimum absolute atomic E-state index is 0.0154. The molecule has 0 radical (unpaired) electrons. The number of hydrogen-bond acceptors (Lipinski definition) is 1. The molecule has 0 aromatic carbocycles. The molecule has 0 aromatic rings. The minimum atomic E-state index is -0.0154. The van der Waals surface area contributed by atoms with Gasteiger partial charge in [0.2, 0.25) is 0 Å². The first-order valence-electron chi connectivity index (χ1n) is 7.78. The number of ketones is 1. The van der Waals surface area contributed by atoms with Gasteiger partial charge in [0.15, 0.2) is 10.5 Å². The van der Waals surface area contributed by atoms with Crippen molar-refractivity contribution < 1.29 is 4.79 Å². The lowest BCUT2D eigenvalue weighted by Gasteiger charge is -2.34. The van der Waals surface area contributed by atoms with Crippen molar-refractivity contribution in [1.82, 2.24) is 0 Å². The van der Waals surface area contributed by atoms with Gasteiger partial charge in [-0.25, -0.2) is 0 Å². The molecule has 1 nitrogen and oxygen atoms in total. The Morgan fingerprint density at radius 2 is 1.61 bits per heavy atom. The summed E-state index contributed by atoms with van der Waals surface area (Å²) in [5.74, 6) is 4.15. The van der Waals surface area contributed by atoms with E-state index >= 15 is 0 Å². The summed E-state index contributed by atoms with van der Waals surface area (Å²) < 4.78 is -0.0154. The zero-order valence-corrected chi connectivity index (χ0v) is 13.2. The molecule has 0 spiro atoms. The van der Waals surface area contributed by atoms with E-state index < -0.39 is 0 Å². The van der Waals surface area contributed by atoms with Gasteiger partial charge in [0.05, 0.1) is 0 Å². The van der Waals surface area contributed by atoms with E-state index in [0.717, 1.165) is 0 Å². The average Bonchev–Trinajstić information content (AvgIpc) is 2.92. The van der Waals surface area contributed by atoms with Gasteiger partial charge in [-0.15, -0.1) is 0 Å². The Labute approximate surface area is 115 Å². The van der Waals surface area contributed by atoms with Crippen LogP contribution in [0.5, 0.6) is 0 Å². The molecule has 2 aliphatic rings. The number of Topliss-reactive ketones (excluding diaryl/α,β-unsaturated/α-hetero) is 1. The molecule has 1 atom stereocenters. The quantitative estimate of drug-likeness (QED) is 0.706. The fraction of sp³-hybridized carbons (Fsp3) is 0.938. The highest BCUT2D eigenvalue weighted by Gasteiger charge is 2.54. The standard InChI is InChI=1S/C16H29OS/c1-13(2)16(3,18-11-7-8-12-18)15(17)14-9-5-4-6-10-14/h13-14H,4-12H2,1-3H3/q+1. The molecular weight excluding hydrogens is 240 g/mol. The van der Waals surface area contributed by atoms with Crippen LogP contribution >= 0.6 is 0 Å². The number of carbonyl (C=O) groups is 1. The van der Waals surface area contributed by atoms with Crippen LogP contribution in [0.15, 0.2) is 0 Å². The van der Waals surface area contributed by atoms with Gasteiger partial charge in [0.25, 0.3) is 0 Å². The Hall–Kier alpha value is 0.0200. The zero-order chi connectivity index (χ0) is 13.2. The van der Waals surface area contributed by atoms with E-state index in [4.69, 9.17) is 0 Å². The predicted octanol–water partition coefficient (Wildman–Crippen LogP) is 3.96. The van der Waals surface area contributed by atoms with Crippen molar-refractivity contribution in [3.8, 4) is 0 Å². The number of carbonyl (C=O) groups excluding carboxylic acids is 1. The Kier molecular flexibility index (Phi) is 4.80. The maximum Gasteiger partial charge on any atom is 0.190 e. The molecule has 1 saturated carbocycles. The van der Waals surface area contributed by atoms with Crippen LogP contribution in [0.25, 0.3) is 0 Å². The maximum atomic E-state index is 13.1. The lowest BCUT2D eigenvalue weighted by atomic mass is 9.78. The monoisotopic (exact) mass is 269 g/mol. The first-order chi connectivity index (χ1) is 8.56. The molecule has 0 aromatic heterocycles. The molecule has 2 fully saturated rings. The van der Waals surface area contributed by atoms with Gasteiger partial charge in [0.1, 0.15) is 11.5 Å². The molecule has 1 aliphatic carbocycles. The summed E-state index contributed by atoms with van der Waals surface area (Å²) in [6.45, 7) is 6.83. The third-order valence-corrected chi connectivity index (χ3v) is 8.63. The second-order valence-corrected chi connectivity index (χ2v) is 9.22. The second-order valence-electron chi connectivity index (χ2n) is 6.57. The van der Waals surface area contributed by atoms with E-state index in [9.17, 15) is 4.79 Å². The molecular formula is C16H29OS+. The summed E-state index contributed by atoms with van der Waals surface area (Å²) in [6.07, 6.45) is 8.92. The summed E-state index contributed by atoms with van der Waals surface area (Å²) in [7, 11) is 0.358. The van der Waals surface area contributed by atoms with Crippen LogP contribution in [0.1, 0.15) is 65.7 Å². The van der Waals surface area contributed by atoms with Crippen molar-refractivity contribution in [3.05, 3.63) is 0 Å². The van der Waals surface area contributed by atoms with Crippen LogP contribution in [0.3, 0.4) is 0 Å². The topological polar surface area (TPSA) is 17.1 Å². The van der Waals surface area contributed by atoms with Crippen LogP contribution in [0, 0.1) is 11.8 Å². The first-order valence-corrected chi connectivity index (χ1v) is 9.35. The molecule has 0 bridgehead atoms. The third-order valence-electron chi connectivity index (χ3n) is 5.20. The van der Waals surface area contributed by atoms with Gasteiger partial charge in [-0.1, -0.05) is 33.1 Å². The normalized spacial score (nSPS) is 26.4. The summed E-state index contributed by atoms with van der Waals surface area (Å²) >= 11 is 0. The zero-order valence-electron chi connectivity index (χ0n) is 12.3. The van der Waals surface area contributed by atoms with Gasteiger partial charge in [0, 0.05) is 22.7 Å². The van der Waals surface area contributed by atoms with Crippen molar-refractivity contribution in [1.29, 1.82) is 0 Å². The van der Waals surface area contributed by atoms with E-state index in [1.165, 1.54) is 56.5 Å². The largest absolute Gasteiger partial charge is 0.293 e. The van der Waals surface area contributed by atoms with E-state index in [1.54, 1.807) is 0 Å². The summed E-state index contributed by atoms with van der Waals surface area (Å²) in [5, 5.41) is 0. The second kappa shape index (κ2) is 5.98. The van der Waals surface area contributed by atoms with Crippen molar-refractivity contribution in [2.75, 3.05) is 11.5 Å². The van der Waals surface area contributed by atoms with Crippen molar-refractivity contribution in [2.24, 2.45) is 11.8 Å². The van der Waals surface area contributed by atoms with Crippen molar-refractivity contribution in [2.45, 2.75) is 70.5 Å². The molecule has 18 heavy (non-hydrogen) atoms. The third kappa shape index (κ3) is 2.64. The number of rotatable bonds is 4. The van der Waals surface area contributed by atoms with Crippen LogP contribution < -0.4 is 0 Å². The average molecular weight is 269 g/mol. The molecule has 1 saturated heterocycles. The van der Waals surface area contributed by atoms with Gasteiger partial charge >= 0.3 is 0 Å². The summed E-state index contributed by atoms with van der Waals surface area (Å²) in [4.78, 5) is 13.1. The van der Waals surface area contributed by atoms with E-state index in [0.29, 0.717) is 28.5 Å². The maximum absolute atomic E-state index is 13.1. The van der Waals surface area contributed by atoms with Gasteiger partial charge in [-0.3, -0.25) is 4.79 Å². The summed E-state index contributed by atoms with van der Waals surface area (Å²) in [5.41, 5.74) is 0. The van der Waals surface area contributed by atoms with Crippen LogP contribution in [0.4, 0.5) is 0 Å². The van der Waals surface area contributed by atoms with Crippen LogP contribution in [-0.4, -0.2) is 22.0 Å². The van der Waals surface area contributed by atoms with Gasteiger partial charge in [-0.2, -0.15) is 0 Å².